The molecule has 2 rings (SSSR count). The van der Waals surface area contributed by atoms with Gasteiger partial charge in [0.05, 0.1) is 10.2 Å². The number of rotatable bonds is 1. The minimum absolute atomic E-state index is 0.0328. The van der Waals surface area contributed by atoms with E-state index >= 15 is 0 Å². The van der Waals surface area contributed by atoms with Gasteiger partial charge in [-0.05, 0) is 34.8 Å². The van der Waals surface area contributed by atoms with Crippen LogP contribution in [0.25, 0.3) is 0 Å². The Kier molecular flexibility index (Phi) is 3.23. The Morgan fingerprint density at radius 1 is 1.19 bits per heavy atom. The molecule has 5 heteroatoms. The average molecular weight is 290 g/mol. The molecule has 0 unspecified atom stereocenters. The van der Waals surface area contributed by atoms with Gasteiger partial charge < -0.3 is 4.90 Å². The van der Waals surface area contributed by atoms with Crippen LogP contribution in [0.2, 0.25) is 0 Å². The Bertz CT molecular complexity index is 436. The van der Waals surface area contributed by atoms with E-state index in [2.05, 4.69) is 15.9 Å². The predicted octanol–water partition coefficient (Wildman–Crippen LogP) is 3.24. The summed E-state index contributed by atoms with van der Waals surface area (Å²) in [5.74, 6) is -1.29. The van der Waals surface area contributed by atoms with E-state index in [1.807, 2.05) is 0 Å². The molecule has 0 aromatic heterocycles. The molecule has 1 saturated heterocycles. The molecule has 0 bridgehead atoms. The fourth-order valence-corrected chi connectivity index (χ4v) is 2.09. The number of hydrogen-bond acceptors (Lipinski definition) is 1. The van der Waals surface area contributed by atoms with Crippen LogP contribution in [0.1, 0.15) is 19.3 Å². The van der Waals surface area contributed by atoms with Gasteiger partial charge in [-0.3, -0.25) is 4.79 Å². The highest BCUT2D eigenvalue weighted by molar-refractivity contribution is 9.10. The summed E-state index contributed by atoms with van der Waals surface area (Å²) in [5, 5.41) is 0. The summed E-state index contributed by atoms with van der Waals surface area (Å²) in [6, 6.07) is 2.11. The first-order chi connectivity index (χ1) is 7.59. The summed E-state index contributed by atoms with van der Waals surface area (Å²) in [5.41, 5.74) is 0.0328. The van der Waals surface area contributed by atoms with Gasteiger partial charge in [-0.15, -0.1) is 0 Å². The molecule has 0 atom stereocenters. The zero-order valence-electron chi connectivity index (χ0n) is 8.47. The Morgan fingerprint density at radius 3 is 2.62 bits per heavy atom. The van der Waals surface area contributed by atoms with Crippen molar-refractivity contribution in [3.63, 3.8) is 0 Å². The third-order valence-corrected chi connectivity index (χ3v) is 3.21. The predicted molar refractivity (Wildman–Crippen MR) is 60.3 cm³/mol. The zero-order chi connectivity index (χ0) is 11.7. The van der Waals surface area contributed by atoms with Crippen molar-refractivity contribution in [2.45, 2.75) is 19.3 Å². The van der Waals surface area contributed by atoms with Crippen LogP contribution in [-0.4, -0.2) is 12.5 Å². The maximum absolute atomic E-state index is 13.6. The molecule has 16 heavy (non-hydrogen) atoms. The first kappa shape index (κ1) is 11.5. The molecule has 0 saturated carbocycles. The van der Waals surface area contributed by atoms with Crippen molar-refractivity contribution < 1.29 is 13.6 Å². The number of nitrogens with zero attached hydrogens (tertiary/aromatic N) is 1. The van der Waals surface area contributed by atoms with Gasteiger partial charge in [0.25, 0.3) is 0 Å². The number of halogens is 3. The fourth-order valence-electron chi connectivity index (χ4n) is 1.78. The Hall–Kier alpha value is -0.970. The molecular weight excluding hydrogens is 280 g/mol. The monoisotopic (exact) mass is 289 g/mol. The van der Waals surface area contributed by atoms with Gasteiger partial charge in [0.15, 0.2) is 0 Å². The van der Waals surface area contributed by atoms with E-state index in [4.69, 9.17) is 0 Å². The number of anilines is 1. The number of piperidine rings is 1. The lowest BCUT2D eigenvalue weighted by Gasteiger charge is -2.27. The summed E-state index contributed by atoms with van der Waals surface area (Å²) in [7, 11) is 0. The van der Waals surface area contributed by atoms with Crippen LogP contribution in [0.15, 0.2) is 16.6 Å². The largest absolute Gasteiger partial charge is 0.310 e. The van der Waals surface area contributed by atoms with E-state index < -0.39 is 11.6 Å². The van der Waals surface area contributed by atoms with Crippen LogP contribution in [0.3, 0.4) is 0 Å². The molecule has 1 fully saturated rings. The smallest absolute Gasteiger partial charge is 0.227 e. The third-order valence-electron chi connectivity index (χ3n) is 2.60. The van der Waals surface area contributed by atoms with Gasteiger partial charge in [-0.25, -0.2) is 8.78 Å². The van der Waals surface area contributed by atoms with Crippen LogP contribution in [0.5, 0.6) is 0 Å². The lowest BCUT2D eigenvalue weighted by atomic mass is 10.1. The molecule has 1 heterocycles. The van der Waals surface area contributed by atoms with E-state index in [1.54, 1.807) is 0 Å². The molecule has 1 aromatic rings. The second-order valence-electron chi connectivity index (χ2n) is 3.72. The van der Waals surface area contributed by atoms with Gasteiger partial charge in [0, 0.05) is 19.0 Å². The SMILES string of the molecule is O=C1CCCCN1c1cc(F)c(Br)cc1F. The molecule has 1 amide bonds. The molecule has 2 nitrogen and oxygen atoms in total. The highest BCUT2D eigenvalue weighted by atomic mass is 79.9. The highest BCUT2D eigenvalue weighted by Gasteiger charge is 2.23. The first-order valence-corrected chi connectivity index (χ1v) is 5.84. The number of benzene rings is 1. The van der Waals surface area contributed by atoms with Gasteiger partial charge in [-0.1, -0.05) is 0 Å². The summed E-state index contributed by atoms with van der Waals surface area (Å²) in [4.78, 5) is 12.9. The van der Waals surface area contributed by atoms with Crippen LogP contribution in [0.4, 0.5) is 14.5 Å². The molecule has 0 N–H and O–H groups in total. The Labute approximate surface area is 100 Å². The average Bonchev–Trinajstić information content (AvgIpc) is 2.25. The summed E-state index contributed by atoms with van der Waals surface area (Å²) < 4.78 is 27.0. The van der Waals surface area contributed by atoms with Crippen LogP contribution < -0.4 is 4.90 Å². The molecule has 1 aliphatic heterocycles. The van der Waals surface area contributed by atoms with E-state index in [1.165, 1.54) is 4.90 Å². The summed E-state index contributed by atoms with van der Waals surface area (Å²) in [6.07, 6.45) is 2.04. The summed E-state index contributed by atoms with van der Waals surface area (Å²) >= 11 is 2.90. The minimum Gasteiger partial charge on any atom is -0.310 e. The maximum atomic E-state index is 13.6. The maximum Gasteiger partial charge on any atom is 0.227 e. The van der Waals surface area contributed by atoms with Gasteiger partial charge in [0.2, 0.25) is 5.91 Å². The van der Waals surface area contributed by atoms with Gasteiger partial charge in [-0.2, -0.15) is 0 Å². The molecule has 0 aliphatic carbocycles. The molecule has 86 valence electrons. The van der Waals surface area contributed by atoms with Gasteiger partial charge >= 0.3 is 0 Å². The Morgan fingerprint density at radius 2 is 1.94 bits per heavy atom. The van der Waals surface area contributed by atoms with E-state index in [0.717, 1.165) is 25.0 Å². The van der Waals surface area contributed by atoms with Crippen molar-refractivity contribution in [2.24, 2.45) is 0 Å². The zero-order valence-corrected chi connectivity index (χ0v) is 10.1. The first-order valence-electron chi connectivity index (χ1n) is 5.04. The molecule has 0 spiro atoms. The van der Waals surface area contributed by atoms with Crippen molar-refractivity contribution >= 4 is 27.5 Å². The van der Waals surface area contributed by atoms with E-state index in [9.17, 15) is 13.6 Å². The second kappa shape index (κ2) is 4.49. The van der Waals surface area contributed by atoms with Crippen molar-refractivity contribution in [3.8, 4) is 0 Å². The van der Waals surface area contributed by atoms with E-state index in [0.29, 0.717) is 13.0 Å². The number of carbonyl (C=O) groups excluding carboxylic acids is 1. The topological polar surface area (TPSA) is 20.3 Å². The van der Waals surface area contributed by atoms with Gasteiger partial charge in [0.1, 0.15) is 11.6 Å². The highest BCUT2D eigenvalue weighted by Crippen LogP contribution is 2.28. The Balaban J connectivity index is 2.39. The quantitative estimate of drug-likeness (QED) is 0.727. The molecule has 1 aromatic carbocycles. The molecule has 0 radical (unpaired) electrons. The number of carbonyl (C=O) groups is 1. The van der Waals surface area contributed by atoms with Crippen molar-refractivity contribution in [2.75, 3.05) is 11.4 Å². The second-order valence-corrected chi connectivity index (χ2v) is 4.57. The van der Waals surface area contributed by atoms with E-state index in [-0.39, 0.29) is 16.1 Å². The standard InChI is InChI=1S/C11H10BrF2NO/c12-7-5-9(14)10(6-8(7)13)15-4-2-1-3-11(15)16/h5-6H,1-4H2. The van der Waals surface area contributed by atoms with Crippen LogP contribution in [-0.2, 0) is 4.79 Å². The minimum atomic E-state index is -0.580. The van der Waals surface area contributed by atoms with Crippen molar-refractivity contribution in [1.82, 2.24) is 0 Å². The lowest BCUT2D eigenvalue weighted by Crippen LogP contribution is -2.35. The van der Waals surface area contributed by atoms with Crippen molar-refractivity contribution in [3.05, 3.63) is 28.2 Å². The summed E-state index contributed by atoms with van der Waals surface area (Å²) in [6.45, 7) is 0.455. The van der Waals surface area contributed by atoms with Crippen molar-refractivity contribution in [1.29, 1.82) is 0 Å². The number of amides is 1. The molecular formula is C11H10BrF2NO. The normalized spacial score (nSPS) is 16.7. The fraction of sp³-hybridized carbons (Fsp3) is 0.364. The van der Waals surface area contributed by atoms with Crippen LogP contribution in [0, 0.1) is 11.6 Å². The molecule has 1 aliphatic rings. The van der Waals surface area contributed by atoms with Crippen LogP contribution >= 0.6 is 15.9 Å². The number of hydrogen-bond donors (Lipinski definition) is 0. The third kappa shape index (κ3) is 2.09. The lowest BCUT2D eigenvalue weighted by molar-refractivity contribution is -0.119.